The van der Waals surface area contributed by atoms with Gasteiger partial charge in [0.1, 0.15) is 6.10 Å². The minimum Gasteiger partial charge on any atom is -0.362 e. The quantitative estimate of drug-likeness (QED) is 0.695. The van der Waals surface area contributed by atoms with Crippen LogP contribution in [0.4, 0.5) is 0 Å². The molecule has 1 aliphatic heterocycles. The molecule has 0 bridgehead atoms. The predicted octanol–water partition coefficient (Wildman–Crippen LogP) is 3.32. The fourth-order valence-corrected chi connectivity index (χ4v) is 2.26. The van der Waals surface area contributed by atoms with Gasteiger partial charge in [-0.2, -0.15) is 0 Å². The summed E-state index contributed by atoms with van der Waals surface area (Å²) in [6.45, 7) is 12.2. The van der Waals surface area contributed by atoms with Crippen LogP contribution in [0.25, 0.3) is 0 Å². The molecule has 1 saturated heterocycles. The molecule has 1 atom stereocenters. The molecule has 0 aromatic carbocycles. The zero-order chi connectivity index (χ0) is 13.4. The standard InChI is InChI=1S/C16H29NO/c1-5-6-11-17-12-9-16(10-13-17)18-15(4)8-7-14(2)3/h14-16H,5-6,9-13H2,1-4H3/t15-/m1/s1. The highest BCUT2D eigenvalue weighted by molar-refractivity contribution is 5.05. The molecule has 0 unspecified atom stereocenters. The Morgan fingerprint density at radius 1 is 1.17 bits per heavy atom. The van der Waals surface area contributed by atoms with E-state index in [1.807, 2.05) is 0 Å². The lowest BCUT2D eigenvalue weighted by Gasteiger charge is -2.32. The maximum absolute atomic E-state index is 5.99. The zero-order valence-electron chi connectivity index (χ0n) is 12.5. The number of hydrogen-bond acceptors (Lipinski definition) is 2. The topological polar surface area (TPSA) is 12.5 Å². The minimum atomic E-state index is 0.0830. The molecule has 0 spiro atoms. The maximum Gasteiger partial charge on any atom is 0.115 e. The molecule has 1 aliphatic rings. The molecule has 1 rings (SSSR count). The van der Waals surface area contributed by atoms with E-state index < -0.39 is 0 Å². The molecular weight excluding hydrogens is 222 g/mol. The minimum absolute atomic E-state index is 0.0830. The fraction of sp³-hybridized carbons (Fsp3) is 0.875. The van der Waals surface area contributed by atoms with Gasteiger partial charge >= 0.3 is 0 Å². The van der Waals surface area contributed by atoms with Gasteiger partial charge < -0.3 is 9.64 Å². The van der Waals surface area contributed by atoms with Crippen molar-refractivity contribution in [3.63, 3.8) is 0 Å². The van der Waals surface area contributed by atoms with E-state index in [1.165, 1.54) is 32.5 Å². The van der Waals surface area contributed by atoms with Crippen LogP contribution in [0.3, 0.4) is 0 Å². The van der Waals surface area contributed by atoms with Gasteiger partial charge in [0.25, 0.3) is 0 Å². The average molecular weight is 251 g/mol. The normalized spacial score (nSPS) is 19.6. The summed E-state index contributed by atoms with van der Waals surface area (Å²) in [6, 6.07) is 0. The first-order chi connectivity index (χ1) is 8.61. The highest BCUT2D eigenvalue weighted by Gasteiger charge is 2.20. The van der Waals surface area contributed by atoms with Gasteiger partial charge in [0.05, 0.1) is 6.10 Å². The number of ether oxygens (including phenoxy) is 1. The summed E-state index contributed by atoms with van der Waals surface area (Å²) in [6.07, 6.45) is 5.44. The lowest BCUT2D eigenvalue weighted by atomic mass is 10.1. The number of likely N-dealkylation sites (tertiary alicyclic amines) is 1. The summed E-state index contributed by atoms with van der Waals surface area (Å²) < 4.78 is 5.99. The van der Waals surface area contributed by atoms with Crippen LogP contribution < -0.4 is 0 Å². The lowest BCUT2D eigenvalue weighted by molar-refractivity contribution is -0.0120. The second-order valence-electron chi connectivity index (χ2n) is 5.62. The first kappa shape index (κ1) is 15.5. The van der Waals surface area contributed by atoms with Crippen LogP contribution in [0.2, 0.25) is 0 Å². The summed E-state index contributed by atoms with van der Waals surface area (Å²) in [5.74, 6) is 6.81. The van der Waals surface area contributed by atoms with Crippen molar-refractivity contribution in [2.75, 3.05) is 19.6 Å². The molecule has 0 N–H and O–H groups in total. The number of rotatable bonds is 5. The Balaban J connectivity index is 2.21. The molecule has 2 heteroatoms. The SMILES string of the molecule is CCCCN1CCC(O[C@H](C)C#CC(C)C)CC1. The maximum atomic E-state index is 5.99. The first-order valence-corrected chi connectivity index (χ1v) is 7.50. The Hall–Kier alpha value is -0.520. The molecule has 1 heterocycles. The Bertz CT molecular complexity index is 269. The van der Waals surface area contributed by atoms with Crippen LogP contribution in [0, 0.1) is 17.8 Å². The van der Waals surface area contributed by atoms with Crippen molar-refractivity contribution < 1.29 is 4.74 Å². The van der Waals surface area contributed by atoms with Crippen LogP contribution >= 0.6 is 0 Å². The van der Waals surface area contributed by atoms with Crippen LogP contribution in [-0.2, 0) is 4.74 Å². The van der Waals surface area contributed by atoms with Crippen molar-refractivity contribution in [1.29, 1.82) is 0 Å². The molecule has 18 heavy (non-hydrogen) atoms. The Labute approximate surface area is 113 Å². The molecule has 0 aromatic rings. The van der Waals surface area contributed by atoms with Gasteiger partial charge in [0.2, 0.25) is 0 Å². The van der Waals surface area contributed by atoms with Crippen LogP contribution in [0.1, 0.15) is 53.4 Å². The number of unbranched alkanes of at least 4 members (excludes halogenated alkanes) is 1. The highest BCUT2D eigenvalue weighted by Crippen LogP contribution is 2.15. The van der Waals surface area contributed by atoms with Crippen LogP contribution in [-0.4, -0.2) is 36.7 Å². The molecule has 0 saturated carbocycles. The Morgan fingerprint density at radius 3 is 2.39 bits per heavy atom. The van der Waals surface area contributed by atoms with Crippen molar-refractivity contribution in [2.45, 2.75) is 65.6 Å². The number of hydrogen-bond donors (Lipinski definition) is 0. The van der Waals surface area contributed by atoms with E-state index in [-0.39, 0.29) is 6.10 Å². The fourth-order valence-electron chi connectivity index (χ4n) is 2.26. The van der Waals surface area contributed by atoms with E-state index in [1.54, 1.807) is 0 Å². The van der Waals surface area contributed by atoms with Gasteiger partial charge in [0, 0.05) is 19.0 Å². The molecule has 0 amide bonds. The van der Waals surface area contributed by atoms with Gasteiger partial charge in [-0.05, 0) is 32.7 Å². The molecule has 2 nitrogen and oxygen atoms in total. The van der Waals surface area contributed by atoms with E-state index in [4.69, 9.17) is 4.74 Å². The predicted molar refractivity (Wildman–Crippen MR) is 77.5 cm³/mol. The largest absolute Gasteiger partial charge is 0.362 e. The van der Waals surface area contributed by atoms with Crippen molar-refractivity contribution in [3.05, 3.63) is 0 Å². The van der Waals surface area contributed by atoms with Crippen molar-refractivity contribution in [2.24, 2.45) is 5.92 Å². The van der Waals surface area contributed by atoms with Gasteiger partial charge in [-0.1, -0.05) is 39.0 Å². The summed E-state index contributed by atoms with van der Waals surface area (Å²) in [7, 11) is 0. The molecule has 104 valence electrons. The van der Waals surface area contributed by atoms with Crippen molar-refractivity contribution in [3.8, 4) is 11.8 Å². The molecule has 0 aliphatic carbocycles. The van der Waals surface area contributed by atoms with E-state index >= 15 is 0 Å². The van der Waals surface area contributed by atoms with Crippen LogP contribution in [0.15, 0.2) is 0 Å². The molecule has 0 radical (unpaired) electrons. The second kappa shape index (κ2) is 8.56. The smallest absolute Gasteiger partial charge is 0.115 e. The third-order valence-corrected chi connectivity index (χ3v) is 3.33. The highest BCUT2D eigenvalue weighted by atomic mass is 16.5. The third-order valence-electron chi connectivity index (χ3n) is 3.33. The Morgan fingerprint density at radius 2 is 1.83 bits per heavy atom. The number of piperidine rings is 1. The molecule has 0 aromatic heterocycles. The second-order valence-corrected chi connectivity index (χ2v) is 5.62. The Kier molecular flexibility index (Phi) is 7.39. The van der Waals surface area contributed by atoms with Gasteiger partial charge in [-0.3, -0.25) is 0 Å². The van der Waals surface area contributed by atoms with E-state index in [9.17, 15) is 0 Å². The first-order valence-electron chi connectivity index (χ1n) is 7.50. The van der Waals surface area contributed by atoms with Crippen molar-refractivity contribution in [1.82, 2.24) is 4.90 Å². The van der Waals surface area contributed by atoms with Gasteiger partial charge in [-0.15, -0.1) is 0 Å². The molecule has 1 fully saturated rings. The van der Waals surface area contributed by atoms with Gasteiger partial charge in [-0.25, -0.2) is 0 Å². The van der Waals surface area contributed by atoms with E-state index in [2.05, 4.69) is 44.4 Å². The summed E-state index contributed by atoms with van der Waals surface area (Å²) >= 11 is 0. The monoisotopic (exact) mass is 251 g/mol. The third kappa shape index (κ3) is 6.42. The number of nitrogens with zero attached hydrogens (tertiary/aromatic N) is 1. The average Bonchev–Trinajstić information content (AvgIpc) is 2.35. The molecular formula is C16H29NO. The van der Waals surface area contributed by atoms with Crippen LogP contribution in [0.5, 0.6) is 0 Å². The van der Waals surface area contributed by atoms with Crippen molar-refractivity contribution >= 4 is 0 Å². The summed E-state index contributed by atoms with van der Waals surface area (Å²) in [5, 5.41) is 0. The van der Waals surface area contributed by atoms with E-state index in [0.29, 0.717) is 12.0 Å². The van der Waals surface area contributed by atoms with Gasteiger partial charge in [0.15, 0.2) is 0 Å². The van der Waals surface area contributed by atoms with E-state index in [0.717, 1.165) is 12.8 Å². The summed E-state index contributed by atoms with van der Waals surface area (Å²) in [5.41, 5.74) is 0. The zero-order valence-corrected chi connectivity index (χ0v) is 12.5. The summed E-state index contributed by atoms with van der Waals surface area (Å²) in [4.78, 5) is 2.56. The lowest BCUT2D eigenvalue weighted by Crippen LogP contribution is -2.38.